The van der Waals surface area contributed by atoms with E-state index in [1.54, 1.807) is 7.11 Å². The summed E-state index contributed by atoms with van der Waals surface area (Å²) in [6.07, 6.45) is 7.45. The van der Waals surface area contributed by atoms with Gasteiger partial charge in [0.1, 0.15) is 0 Å². The summed E-state index contributed by atoms with van der Waals surface area (Å²) in [5, 5.41) is 3.50. The van der Waals surface area contributed by atoms with Crippen molar-refractivity contribution in [2.45, 2.75) is 38.8 Å². The minimum absolute atomic E-state index is 0.624. The van der Waals surface area contributed by atoms with Crippen molar-refractivity contribution in [2.24, 2.45) is 5.92 Å². The first kappa shape index (κ1) is 11.5. The first-order valence-corrected chi connectivity index (χ1v) is 6.06. The van der Waals surface area contributed by atoms with E-state index < -0.39 is 0 Å². The largest absolute Gasteiger partial charge is 0.385 e. The van der Waals surface area contributed by atoms with Gasteiger partial charge >= 0.3 is 0 Å². The quantitative estimate of drug-likeness (QED) is 0.751. The Labute approximate surface area is 97.0 Å². The van der Waals surface area contributed by atoms with Crippen LogP contribution in [-0.4, -0.2) is 29.3 Å². The van der Waals surface area contributed by atoms with Gasteiger partial charge < -0.3 is 14.6 Å². The van der Waals surface area contributed by atoms with Gasteiger partial charge in [-0.15, -0.1) is 0 Å². The maximum Gasteiger partial charge on any atom is 0.202 e. The average molecular weight is 223 g/mol. The molecule has 4 heteroatoms. The van der Waals surface area contributed by atoms with E-state index in [1.165, 1.54) is 12.8 Å². The zero-order chi connectivity index (χ0) is 11.4. The van der Waals surface area contributed by atoms with E-state index in [9.17, 15) is 0 Å². The third kappa shape index (κ3) is 2.76. The molecule has 0 bridgehead atoms. The molecule has 16 heavy (non-hydrogen) atoms. The summed E-state index contributed by atoms with van der Waals surface area (Å²) in [5.41, 5.74) is 0. The Bertz CT molecular complexity index is 318. The Balaban J connectivity index is 1.81. The van der Waals surface area contributed by atoms with Crippen LogP contribution >= 0.6 is 0 Å². The highest BCUT2D eigenvalue weighted by atomic mass is 16.5. The first-order valence-electron chi connectivity index (χ1n) is 6.06. The molecule has 0 unspecified atom stereocenters. The van der Waals surface area contributed by atoms with Crippen LogP contribution < -0.4 is 5.32 Å². The van der Waals surface area contributed by atoms with E-state index in [-0.39, 0.29) is 0 Å². The number of imidazole rings is 1. The fraction of sp³-hybridized carbons (Fsp3) is 0.750. The Morgan fingerprint density at radius 3 is 3.06 bits per heavy atom. The Hall–Kier alpha value is -1.03. The minimum Gasteiger partial charge on any atom is -0.385 e. The summed E-state index contributed by atoms with van der Waals surface area (Å²) in [5.74, 6) is 1.88. The van der Waals surface area contributed by atoms with E-state index in [4.69, 9.17) is 4.74 Å². The number of aryl methyl sites for hydroxylation is 1. The second-order valence-electron chi connectivity index (χ2n) is 4.71. The lowest BCUT2D eigenvalue weighted by molar-refractivity contribution is 0.190. The molecule has 1 N–H and O–H groups in total. The topological polar surface area (TPSA) is 39.1 Å². The van der Waals surface area contributed by atoms with Gasteiger partial charge in [-0.3, -0.25) is 0 Å². The number of nitrogens with one attached hydrogen (secondary N) is 1. The Morgan fingerprint density at radius 2 is 2.38 bits per heavy atom. The van der Waals surface area contributed by atoms with Gasteiger partial charge in [0.05, 0.1) is 0 Å². The van der Waals surface area contributed by atoms with Gasteiger partial charge in [-0.1, -0.05) is 6.92 Å². The number of anilines is 1. The third-order valence-electron chi connectivity index (χ3n) is 3.17. The van der Waals surface area contributed by atoms with Crippen molar-refractivity contribution >= 4 is 5.95 Å². The van der Waals surface area contributed by atoms with E-state index in [0.29, 0.717) is 6.04 Å². The number of hydrogen-bond acceptors (Lipinski definition) is 3. The molecule has 0 aliphatic heterocycles. The van der Waals surface area contributed by atoms with Gasteiger partial charge in [-0.2, -0.15) is 0 Å². The number of rotatable bonds is 6. The van der Waals surface area contributed by atoms with Crippen LogP contribution in [0.5, 0.6) is 0 Å². The number of methoxy groups -OCH3 is 1. The lowest BCUT2D eigenvalue weighted by Crippen LogP contribution is -2.34. The second kappa shape index (κ2) is 5.34. The lowest BCUT2D eigenvalue weighted by atomic mass is 9.82. The Kier molecular flexibility index (Phi) is 3.83. The molecule has 1 aliphatic rings. The van der Waals surface area contributed by atoms with E-state index in [2.05, 4.69) is 21.8 Å². The van der Waals surface area contributed by atoms with Crippen LogP contribution in [-0.2, 0) is 11.3 Å². The molecule has 0 saturated heterocycles. The monoisotopic (exact) mass is 223 g/mol. The van der Waals surface area contributed by atoms with Gasteiger partial charge in [0.25, 0.3) is 0 Å². The summed E-state index contributed by atoms with van der Waals surface area (Å²) >= 11 is 0. The van der Waals surface area contributed by atoms with Crippen molar-refractivity contribution in [3.05, 3.63) is 12.4 Å². The molecule has 1 fully saturated rings. The van der Waals surface area contributed by atoms with Gasteiger partial charge in [-0.05, 0) is 25.2 Å². The van der Waals surface area contributed by atoms with Crippen molar-refractivity contribution < 1.29 is 4.74 Å². The molecule has 2 rings (SSSR count). The third-order valence-corrected chi connectivity index (χ3v) is 3.17. The van der Waals surface area contributed by atoms with Gasteiger partial charge in [0, 0.05) is 38.7 Å². The van der Waals surface area contributed by atoms with Crippen molar-refractivity contribution in [3.8, 4) is 0 Å². The molecule has 1 aromatic rings. The molecule has 1 aromatic heterocycles. The van der Waals surface area contributed by atoms with Crippen molar-refractivity contribution in [3.63, 3.8) is 0 Å². The minimum atomic E-state index is 0.624. The summed E-state index contributed by atoms with van der Waals surface area (Å²) in [4.78, 5) is 4.35. The molecule has 0 atom stereocenters. The zero-order valence-electron chi connectivity index (χ0n) is 10.1. The van der Waals surface area contributed by atoms with Crippen molar-refractivity contribution in [1.29, 1.82) is 0 Å². The molecule has 1 saturated carbocycles. The lowest BCUT2D eigenvalue weighted by Gasteiger charge is -2.33. The van der Waals surface area contributed by atoms with Gasteiger partial charge in [0.2, 0.25) is 5.95 Å². The van der Waals surface area contributed by atoms with Crippen LogP contribution in [0.2, 0.25) is 0 Å². The highest BCUT2D eigenvalue weighted by Crippen LogP contribution is 2.28. The van der Waals surface area contributed by atoms with Crippen LogP contribution in [0.3, 0.4) is 0 Å². The normalized spacial score (nSPS) is 24.1. The molecule has 0 aromatic carbocycles. The maximum absolute atomic E-state index is 5.05. The van der Waals surface area contributed by atoms with E-state index >= 15 is 0 Å². The van der Waals surface area contributed by atoms with Crippen molar-refractivity contribution in [1.82, 2.24) is 9.55 Å². The first-order chi connectivity index (χ1) is 7.79. The van der Waals surface area contributed by atoms with Gasteiger partial charge in [-0.25, -0.2) is 4.98 Å². The number of hydrogen-bond donors (Lipinski definition) is 1. The SMILES string of the molecule is COCCCn1ccnc1NC1CC(C)C1. The highest BCUT2D eigenvalue weighted by molar-refractivity contribution is 5.28. The summed E-state index contributed by atoms with van der Waals surface area (Å²) in [6.45, 7) is 4.07. The van der Waals surface area contributed by atoms with Crippen LogP contribution in [0.25, 0.3) is 0 Å². The number of aromatic nitrogens is 2. The van der Waals surface area contributed by atoms with Crippen LogP contribution in [0, 0.1) is 5.92 Å². The van der Waals surface area contributed by atoms with Crippen LogP contribution in [0.15, 0.2) is 12.4 Å². The zero-order valence-corrected chi connectivity index (χ0v) is 10.1. The van der Waals surface area contributed by atoms with Crippen molar-refractivity contribution in [2.75, 3.05) is 19.0 Å². The molecule has 1 heterocycles. The highest BCUT2D eigenvalue weighted by Gasteiger charge is 2.25. The van der Waals surface area contributed by atoms with E-state index in [1.807, 2.05) is 12.4 Å². The summed E-state index contributed by atoms with van der Waals surface area (Å²) in [7, 11) is 1.74. The molecule has 0 spiro atoms. The molecule has 90 valence electrons. The number of nitrogens with zero attached hydrogens (tertiary/aromatic N) is 2. The molecular weight excluding hydrogens is 202 g/mol. The maximum atomic E-state index is 5.05. The van der Waals surface area contributed by atoms with Gasteiger partial charge in [0.15, 0.2) is 0 Å². The second-order valence-corrected chi connectivity index (χ2v) is 4.71. The van der Waals surface area contributed by atoms with Crippen LogP contribution in [0.4, 0.5) is 5.95 Å². The van der Waals surface area contributed by atoms with Crippen LogP contribution in [0.1, 0.15) is 26.2 Å². The number of ether oxygens (including phenoxy) is 1. The van der Waals surface area contributed by atoms with E-state index in [0.717, 1.165) is 31.4 Å². The predicted octanol–water partition coefficient (Wildman–Crippen LogP) is 2.13. The molecule has 4 nitrogen and oxygen atoms in total. The average Bonchev–Trinajstić information content (AvgIpc) is 2.64. The smallest absolute Gasteiger partial charge is 0.202 e. The fourth-order valence-electron chi connectivity index (χ4n) is 2.21. The molecule has 0 amide bonds. The molecule has 0 radical (unpaired) electrons. The standard InChI is InChI=1S/C12H21N3O/c1-10-8-11(9-10)14-12-13-4-6-15(12)5-3-7-16-2/h4,6,10-11H,3,5,7-9H2,1-2H3,(H,13,14). The fourth-order valence-corrected chi connectivity index (χ4v) is 2.21. The molecule has 1 aliphatic carbocycles. The summed E-state index contributed by atoms with van der Waals surface area (Å²) < 4.78 is 7.22. The Morgan fingerprint density at radius 1 is 1.56 bits per heavy atom. The predicted molar refractivity (Wildman–Crippen MR) is 64.5 cm³/mol. The summed E-state index contributed by atoms with van der Waals surface area (Å²) in [6, 6.07) is 0.624. The molecular formula is C12H21N3O.